The first-order valence-electron chi connectivity index (χ1n) is 15.5. The Morgan fingerprint density at radius 3 is 2.22 bits per heavy atom. The van der Waals surface area contributed by atoms with E-state index in [0.29, 0.717) is 34.1 Å². The van der Waals surface area contributed by atoms with E-state index in [1.165, 1.54) is 18.0 Å². The summed E-state index contributed by atoms with van der Waals surface area (Å²) in [6.07, 6.45) is 4.12. The fourth-order valence-corrected chi connectivity index (χ4v) is 8.88. The molecule has 1 aliphatic heterocycles. The number of amides is 2. The molecule has 2 amide bonds. The Labute approximate surface area is 260 Å². The van der Waals surface area contributed by atoms with E-state index in [1.54, 1.807) is 0 Å². The number of fused-ring (bicyclic) bond motifs is 5. The molecule has 3 aliphatic carbocycles. The minimum absolute atomic E-state index is 0.0554. The van der Waals surface area contributed by atoms with Gasteiger partial charge in [-0.25, -0.2) is 0 Å². The molecular formula is C39H31NO5. The van der Waals surface area contributed by atoms with Crippen LogP contribution in [-0.4, -0.2) is 40.4 Å². The van der Waals surface area contributed by atoms with Crippen molar-refractivity contribution in [3.8, 4) is 5.75 Å². The van der Waals surface area contributed by atoms with Crippen molar-refractivity contribution < 1.29 is 24.3 Å². The molecule has 2 fully saturated rings. The largest absolute Gasteiger partial charge is 0.507 e. The third-order valence-corrected chi connectivity index (χ3v) is 10.8. The Bertz CT molecular complexity index is 1990. The number of carbonyl (C=O) groups excluding carboxylic acids is 4. The second kappa shape index (κ2) is 9.96. The van der Waals surface area contributed by atoms with Crippen LogP contribution in [-0.2, 0) is 24.6 Å². The number of phenols is 1. The van der Waals surface area contributed by atoms with Crippen molar-refractivity contribution in [3.05, 3.63) is 131 Å². The average Bonchev–Trinajstić information content (AvgIpc) is 3.30. The first-order chi connectivity index (χ1) is 21.8. The Hall–Kier alpha value is -5.10. The summed E-state index contributed by atoms with van der Waals surface area (Å²) in [5.74, 6) is -3.94. The molecule has 0 spiro atoms. The second-order valence-corrected chi connectivity index (χ2v) is 12.7. The molecule has 0 unspecified atom stereocenters. The number of allylic oxidation sites excluding steroid dienone is 4. The highest BCUT2D eigenvalue weighted by Gasteiger charge is 2.66. The van der Waals surface area contributed by atoms with Crippen molar-refractivity contribution in [1.29, 1.82) is 0 Å². The van der Waals surface area contributed by atoms with Gasteiger partial charge in [0, 0.05) is 35.4 Å². The SMILES string of the molecule is CN1C(=O)[C@H]2[C@H](CC=C3[C@H]2C[C@H]2C(=O)C(c4ccccc4)=CC(=O)[C@@]2(c2ccccc2)[C@H]3c2ccc3ccccc3c2O)C1=O. The van der Waals surface area contributed by atoms with Crippen LogP contribution < -0.4 is 0 Å². The van der Waals surface area contributed by atoms with Gasteiger partial charge in [-0.05, 0) is 41.3 Å². The lowest BCUT2D eigenvalue weighted by Crippen LogP contribution is -2.58. The van der Waals surface area contributed by atoms with Gasteiger partial charge in [0.15, 0.2) is 11.6 Å². The maximum atomic E-state index is 15.0. The number of ketones is 2. The summed E-state index contributed by atoms with van der Waals surface area (Å²) in [5.41, 5.74) is 1.72. The van der Waals surface area contributed by atoms with Gasteiger partial charge in [-0.1, -0.05) is 109 Å². The number of hydrogen-bond donors (Lipinski definition) is 1. The number of phenolic OH excluding ortho intramolecular Hbond substituents is 1. The van der Waals surface area contributed by atoms with Crippen molar-refractivity contribution in [1.82, 2.24) is 4.90 Å². The zero-order valence-electron chi connectivity index (χ0n) is 24.7. The number of likely N-dealkylation sites (tertiary alicyclic amines) is 1. The van der Waals surface area contributed by atoms with Crippen molar-refractivity contribution >= 4 is 39.7 Å². The number of rotatable bonds is 3. The quantitative estimate of drug-likeness (QED) is 0.232. The van der Waals surface area contributed by atoms with E-state index in [0.717, 1.165) is 11.0 Å². The van der Waals surface area contributed by atoms with Gasteiger partial charge in [-0.2, -0.15) is 0 Å². The molecule has 6 nitrogen and oxygen atoms in total. The first kappa shape index (κ1) is 27.4. The van der Waals surface area contributed by atoms with Gasteiger partial charge in [-0.3, -0.25) is 24.1 Å². The molecule has 0 aromatic heterocycles. The van der Waals surface area contributed by atoms with Gasteiger partial charge in [0.1, 0.15) is 5.75 Å². The smallest absolute Gasteiger partial charge is 0.233 e. The molecular weight excluding hydrogens is 562 g/mol. The van der Waals surface area contributed by atoms with Crippen molar-refractivity contribution in [3.63, 3.8) is 0 Å². The molecule has 1 saturated heterocycles. The Morgan fingerprint density at radius 2 is 1.47 bits per heavy atom. The molecule has 4 aromatic carbocycles. The zero-order chi connectivity index (χ0) is 31.0. The number of nitrogens with zero attached hydrogens (tertiary/aromatic N) is 1. The molecule has 1 N–H and O–H groups in total. The molecule has 4 aromatic rings. The minimum atomic E-state index is -1.37. The lowest BCUT2D eigenvalue weighted by molar-refractivity contribution is -0.139. The molecule has 4 aliphatic rings. The summed E-state index contributed by atoms with van der Waals surface area (Å²) in [5, 5.41) is 13.5. The van der Waals surface area contributed by atoms with E-state index in [4.69, 9.17) is 0 Å². The van der Waals surface area contributed by atoms with E-state index in [-0.39, 0.29) is 35.6 Å². The highest BCUT2D eigenvalue weighted by atomic mass is 16.3. The molecule has 6 atom stereocenters. The van der Waals surface area contributed by atoms with Crippen LogP contribution in [0.25, 0.3) is 16.3 Å². The van der Waals surface area contributed by atoms with Crippen molar-refractivity contribution in [2.24, 2.45) is 23.7 Å². The van der Waals surface area contributed by atoms with Crippen LogP contribution >= 0.6 is 0 Å². The molecule has 0 bridgehead atoms. The third-order valence-electron chi connectivity index (χ3n) is 10.8. The van der Waals surface area contributed by atoms with Crippen LogP contribution in [0.15, 0.2) is 115 Å². The molecule has 1 heterocycles. The zero-order valence-corrected chi connectivity index (χ0v) is 24.7. The molecule has 6 heteroatoms. The van der Waals surface area contributed by atoms with Gasteiger partial charge >= 0.3 is 0 Å². The summed E-state index contributed by atoms with van der Waals surface area (Å²) in [6, 6.07) is 30.0. The predicted octanol–water partition coefficient (Wildman–Crippen LogP) is 6.00. The molecule has 45 heavy (non-hydrogen) atoms. The van der Waals surface area contributed by atoms with Crippen LogP contribution in [0.2, 0.25) is 0 Å². The number of imide groups is 1. The van der Waals surface area contributed by atoms with Crippen molar-refractivity contribution in [2.75, 3.05) is 7.05 Å². The first-order valence-corrected chi connectivity index (χ1v) is 15.5. The van der Waals surface area contributed by atoms with E-state index >= 15 is 4.79 Å². The molecule has 8 rings (SSSR count). The third kappa shape index (κ3) is 3.68. The van der Waals surface area contributed by atoms with Crippen LogP contribution in [0.4, 0.5) is 0 Å². The topological polar surface area (TPSA) is 91.8 Å². The summed E-state index contributed by atoms with van der Waals surface area (Å²) in [6.45, 7) is 0. The van der Waals surface area contributed by atoms with Crippen molar-refractivity contribution in [2.45, 2.75) is 24.2 Å². The Balaban J connectivity index is 1.45. The van der Waals surface area contributed by atoms with Crippen LogP contribution in [0.1, 0.15) is 35.4 Å². The Morgan fingerprint density at radius 1 is 0.778 bits per heavy atom. The van der Waals surface area contributed by atoms with Crippen LogP contribution in [0.3, 0.4) is 0 Å². The van der Waals surface area contributed by atoms with E-state index in [2.05, 4.69) is 0 Å². The molecule has 1 saturated carbocycles. The number of aromatic hydroxyl groups is 1. The number of hydrogen-bond acceptors (Lipinski definition) is 5. The maximum absolute atomic E-state index is 15.0. The molecule has 0 radical (unpaired) electrons. The average molecular weight is 594 g/mol. The number of carbonyl (C=O) groups is 4. The van der Waals surface area contributed by atoms with Crippen LogP contribution in [0.5, 0.6) is 5.75 Å². The lowest BCUT2D eigenvalue weighted by atomic mass is 9.44. The van der Waals surface area contributed by atoms with E-state index in [9.17, 15) is 19.5 Å². The summed E-state index contributed by atoms with van der Waals surface area (Å²) < 4.78 is 0. The van der Waals surface area contributed by atoms with Gasteiger partial charge in [0.2, 0.25) is 11.8 Å². The van der Waals surface area contributed by atoms with E-state index < -0.39 is 35.0 Å². The minimum Gasteiger partial charge on any atom is -0.507 e. The standard InChI is InChI=1S/C39H31NO5/c1-40-37(44)27-19-18-26-30(33(27)38(40)45)20-31-36(43)29(22-10-4-2-5-11-22)21-32(41)39(31,24-13-6-3-7-14-24)34(26)28-17-16-23-12-8-9-15-25(23)35(28)42/h2-18,21,27,30-31,33-34,42H,19-20H2,1H3/t27-,30+,31-,33-,34+,39-/m0/s1. The lowest BCUT2D eigenvalue weighted by Gasteiger charge is -2.55. The number of Topliss-reactive ketones (excluding diaryl/α,β-unsaturated/α-hetero) is 1. The van der Waals surface area contributed by atoms with Gasteiger partial charge in [0.25, 0.3) is 0 Å². The highest BCUT2D eigenvalue weighted by Crippen LogP contribution is 2.64. The van der Waals surface area contributed by atoms with E-state index in [1.807, 2.05) is 103 Å². The fourth-order valence-electron chi connectivity index (χ4n) is 8.88. The monoisotopic (exact) mass is 593 g/mol. The maximum Gasteiger partial charge on any atom is 0.233 e. The van der Waals surface area contributed by atoms with Gasteiger partial charge in [-0.15, -0.1) is 0 Å². The second-order valence-electron chi connectivity index (χ2n) is 12.7. The summed E-state index contributed by atoms with van der Waals surface area (Å²) >= 11 is 0. The van der Waals surface area contributed by atoms with Gasteiger partial charge in [0.05, 0.1) is 17.3 Å². The van der Waals surface area contributed by atoms with Crippen LogP contribution in [0, 0.1) is 23.7 Å². The highest BCUT2D eigenvalue weighted by molar-refractivity contribution is 6.31. The van der Waals surface area contributed by atoms with Gasteiger partial charge < -0.3 is 5.11 Å². The normalized spacial score (nSPS) is 29.2. The summed E-state index contributed by atoms with van der Waals surface area (Å²) in [7, 11) is 1.53. The summed E-state index contributed by atoms with van der Waals surface area (Å²) in [4.78, 5) is 58.0. The predicted molar refractivity (Wildman–Crippen MR) is 170 cm³/mol. The fraction of sp³-hybridized carbons (Fsp3) is 0.231. The number of benzene rings is 4. The Kier molecular flexibility index (Phi) is 6.08. The molecule has 222 valence electrons.